The van der Waals surface area contributed by atoms with Crippen molar-refractivity contribution in [3.63, 3.8) is 0 Å². The van der Waals surface area contributed by atoms with Gasteiger partial charge < -0.3 is 63.9 Å². The van der Waals surface area contributed by atoms with E-state index in [2.05, 4.69) is 32.8 Å². The predicted molar refractivity (Wildman–Crippen MR) is 366 cm³/mol. The largest absolute Gasteiger partial charge is 0.493 e. The Bertz CT molecular complexity index is 3960. The Morgan fingerprint density at radius 1 is 0.616 bits per heavy atom. The van der Waals surface area contributed by atoms with Crippen LogP contribution in [0.2, 0.25) is 0 Å². The normalized spacial score (nSPS) is 17.3. The number of anilines is 5. The van der Waals surface area contributed by atoms with Gasteiger partial charge in [-0.25, -0.2) is 9.69 Å². The lowest BCUT2D eigenvalue weighted by molar-refractivity contribution is -0.198. The lowest BCUT2D eigenvalue weighted by Gasteiger charge is -2.42. The van der Waals surface area contributed by atoms with Crippen LogP contribution in [0.1, 0.15) is 147 Å². The average Bonchev–Trinajstić information content (AvgIpc) is 1.64. The summed E-state index contributed by atoms with van der Waals surface area (Å²) < 4.78 is 33.6. The monoisotopic (exact) mass is 1360 g/mol. The second-order valence-electron chi connectivity index (χ2n) is 24.5. The summed E-state index contributed by atoms with van der Waals surface area (Å²) in [5.74, 6) is 0.0571. The first kappa shape index (κ1) is 74.0. The highest BCUT2D eigenvalue weighted by atomic mass is 16.7. The van der Waals surface area contributed by atoms with Gasteiger partial charge in [-0.1, -0.05) is 48.0 Å². The van der Waals surface area contributed by atoms with Gasteiger partial charge in [0.1, 0.15) is 29.5 Å². The Balaban J connectivity index is 0.000000241. The molecular weight excluding hydrogens is 1270 g/mol. The van der Waals surface area contributed by atoms with Crippen molar-refractivity contribution in [3.05, 3.63) is 155 Å². The van der Waals surface area contributed by atoms with E-state index in [9.17, 15) is 33.6 Å². The van der Waals surface area contributed by atoms with Crippen LogP contribution in [-0.2, 0) is 57.1 Å². The van der Waals surface area contributed by atoms with Crippen molar-refractivity contribution in [2.45, 2.75) is 136 Å². The number of rotatable bonds is 20. The van der Waals surface area contributed by atoms with E-state index in [4.69, 9.17) is 42.9 Å². The van der Waals surface area contributed by atoms with E-state index >= 15 is 0 Å². The quantitative estimate of drug-likeness (QED) is 0.0408. The summed E-state index contributed by atoms with van der Waals surface area (Å²) >= 11 is 0. The third kappa shape index (κ3) is 19.9. The molecule has 99 heavy (non-hydrogen) atoms. The van der Waals surface area contributed by atoms with Crippen molar-refractivity contribution in [3.8, 4) is 11.5 Å². The SMILES string of the molecule is C=CCOC(=O)N1c2cc(OCCCC(=O)Nc3cc(C(=O)Nc4ccc(C)cc4)n(C)c3)c(C)cc2C(=O)N2CCCC[C@H]2C1OC1CCCCO1.Cc1ccc(NC(=O)c2cc(NC(=O)CCCOc3cc4c(cc3C)C(=O)N3CCCC[C@H]3C=N4)cn2C)cc1.O=C=O.O=C=O. The number of aryl methyl sites for hydroxylation is 6. The standard InChI is InChI=1S/C40H49N5O8.C31H35N5O4.2CO2/c1-5-19-52-40(49)45-32-24-34(27(3)22-30(32)38(48)44-18-8-6-11-31(44)39(45)53-36-13-7-9-20-51-36)50-21-10-12-35(46)41-29-23-33(43(4)25-29)37(47)42-28-16-14-26(2)15-17-28;1-20-9-11-22(12-10-20)34-30(38)27-16-23(19-35(27)3)33-29(37)8-6-14-40-28-17-26-25(15-21(28)2)31(39)36-13-5-4-7-24(36)18-32-26;2*2-1-3/h5,14-17,22-25,31,36,39H,1,6-13,18-21H2,2-4H3,(H,41,46)(H,42,47);9-12,15-19,24H,4-8,13-14H2,1-3H3,(H,33,37)(H,34,38);;/t31-,36?,39?;24-;;/m00../s1. The number of fused-ring (bicyclic) bond motifs is 4. The van der Waals surface area contributed by atoms with Crippen LogP contribution in [0.25, 0.3) is 0 Å². The van der Waals surface area contributed by atoms with Crippen molar-refractivity contribution in [1.29, 1.82) is 0 Å². The lowest BCUT2D eigenvalue weighted by atomic mass is 10.00. The molecule has 0 bridgehead atoms. The van der Waals surface area contributed by atoms with Crippen molar-refractivity contribution in [1.82, 2.24) is 18.9 Å². The molecule has 11 rings (SSSR count). The lowest BCUT2D eigenvalue weighted by Crippen LogP contribution is -2.57. The number of carbonyl (C=O) groups is 7. The molecule has 4 atom stereocenters. The Kier molecular flexibility index (Phi) is 26.9. The zero-order valence-corrected chi connectivity index (χ0v) is 56.6. The van der Waals surface area contributed by atoms with Gasteiger partial charge in [-0.3, -0.25) is 33.8 Å². The van der Waals surface area contributed by atoms with Gasteiger partial charge >= 0.3 is 18.4 Å². The topological polar surface area (TPSA) is 314 Å². The summed E-state index contributed by atoms with van der Waals surface area (Å²) in [7, 11) is 3.51. The van der Waals surface area contributed by atoms with Gasteiger partial charge in [-0.2, -0.15) is 19.2 Å². The molecule has 0 saturated carbocycles. The number of nitrogens with zero attached hydrogens (tertiary/aromatic N) is 6. The zero-order valence-electron chi connectivity index (χ0n) is 56.6. The highest BCUT2D eigenvalue weighted by Gasteiger charge is 2.47. The molecule has 4 aromatic carbocycles. The van der Waals surface area contributed by atoms with Crippen molar-refractivity contribution in [2.24, 2.45) is 19.1 Å². The van der Waals surface area contributed by atoms with Crippen LogP contribution < -0.4 is 35.6 Å². The first-order valence-corrected chi connectivity index (χ1v) is 33.0. The number of aliphatic imine (C=N–C) groups is 1. The highest BCUT2D eigenvalue weighted by Crippen LogP contribution is 2.41. The number of aromatic nitrogens is 2. The highest BCUT2D eigenvalue weighted by molar-refractivity contribution is 6.07. The number of nitrogens with one attached hydrogen (secondary N) is 4. The van der Waals surface area contributed by atoms with Crippen molar-refractivity contribution >= 4 is 94.2 Å². The first-order valence-electron chi connectivity index (χ1n) is 33.0. The summed E-state index contributed by atoms with van der Waals surface area (Å²) in [5.41, 5.74) is 9.02. The minimum Gasteiger partial charge on any atom is -0.493 e. The van der Waals surface area contributed by atoms with E-state index in [0.717, 1.165) is 68.2 Å². The zero-order chi connectivity index (χ0) is 71.1. The van der Waals surface area contributed by atoms with Gasteiger partial charge in [-0.05, 0) is 158 Å². The average molecular weight is 1360 g/mol. The number of amides is 7. The van der Waals surface area contributed by atoms with Gasteiger partial charge in [0.15, 0.2) is 12.5 Å². The van der Waals surface area contributed by atoms with Crippen LogP contribution in [0.5, 0.6) is 11.5 Å². The molecule has 4 N–H and O–H groups in total. The van der Waals surface area contributed by atoms with Gasteiger partial charge in [-0.15, -0.1) is 0 Å². The molecule has 6 aromatic rings. The molecule has 0 radical (unpaired) electrons. The summed E-state index contributed by atoms with van der Waals surface area (Å²) in [5, 5.41) is 11.5. The second-order valence-corrected chi connectivity index (χ2v) is 24.5. The van der Waals surface area contributed by atoms with Crippen LogP contribution >= 0.6 is 0 Å². The minimum absolute atomic E-state index is 0.0121. The number of hydrogen-bond donors (Lipinski definition) is 4. The number of ether oxygens (including phenoxy) is 5. The maximum atomic E-state index is 14.1. The van der Waals surface area contributed by atoms with E-state index in [0.29, 0.717) is 119 Å². The van der Waals surface area contributed by atoms with Gasteiger partial charge in [0.25, 0.3) is 23.6 Å². The molecule has 2 unspecified atom stereocenters. The fourth-order valence-electron chi connectivity index (χ4n) is 12.2. The number of piperidine rings is 2. The van der Waals surface area contributed by atoms with Crippen LogP contribution in [0.4, 0.5) is 38.9 Å². The van der Waals surface area contributed by atoms with E-state index in [1.807, 2.05) is 104 Å². The molecule has 26 heteroatoms. The molecule has 522 valence electrons. The van der Waals surface area contributed by atoms with E-state index in [1.54, 1.807) is 59.9 Å². The fraction of sp³-hybridized carbons (Fsp3) is 0.397. The third-order valence-electron chi connectivity index (χ3n) is 17.1. The van der Waals surface area contributed by atoms with E-state index < -0.39 is 24.7 Å². The van der Waals surface area contributed by atoms with Crippen LogP contribution in [0.3, 0.4) is 0 Å². The molecule has 5 aliphatic rings. The second kappa shape index (κ2) is 36.0. The van der Waals surface area contributed by atoms with Crippen LogP contribution in [0, 0.1) is 27.7 Å². The Hall–Kier alpha value is -10.8. The Morgan fingerprint density at radius 3 is 1.66 bits per heavy atom. The van der Waals surface area contributed by atoms with Crippen molar-refractivity contribution in [2.75, 3.05) is 65.7 Å². The molecule has 0 aliphatic carbocycles. The molecule has 3 fully saturated rings. The number of benzene rings is 4. The van der Waals surface area contributed by atoms with E-state index in [-0.39, 0.29) is 79.8 Å². The number of hydrogen-bond acceptors (Lipinski definition) is 17. The maximum absolute atomic E-state index is 14.1. The molecule has 2 aromatic heterocycles. The molecule has 5 aliphatic heterocycles. The van der Waals surface area contributed by atoms with Crippen LogP contribution in [-0.4, -0.2) is 143 Å². The van der Waals surface area contributed by atoms with Gasteiger partial charge in [0, 0.05) is 88.7 Å². The Morgan fingerprint density at radius 2 is 1.12 bits per heavy atom. The molecular formula is C73H84N10O16. The number of carbonyl (C=O) groups excluding carboxylic acids is 11. The van der Waals surface area contributed by atoms with Crippen LogP contribution in [0.15, 0.2) is 115 Å². The van der Waals surface area contributed by atoms with E-state index in [1.165, 1.54) is 11.0 Å². The predicted octanol–water partition coefficient (Wildman–Crippen LogP) is 10.9. The smallest absolute Gasteiger partial charge is 0.416 e. The van der Waals surface area contributed by atoms with Crippen molar-refractivity contribution < 1.29 is 76.4 Å². The molecule has 3 saturated heterocycles. The molecule has 26 nitrogen and oxygen atoms in total. The Labute approximate surface area is 574 Å². The summed E-state index contributed by atoms with van der Waals surface area (Å²) in [6, 6.07) is 25.2. The maximum Gasteiger partial charge on any atom is 0.416 e. The summed E-state index contributed by atoms with van der Waals surface area (Å²) in [4.78, 5) is 134. The summed E-state index contributed by atoms with van der Waals surface area (Å²) in [6.45, 7) is 13.8. The fourth-order valence-corrected chi connectivity index (χ4v) is 12.2. The first-order chi connectivity index (χ1) is 47.7. The molecule has 7 amide bonds. The molecule has 7 heterocycles. The minimum atomic E-state index is -0.840. The van der Waals surface area contributed by atoms with Gasteiger partial charge in [0.2, 0.25) is 11.8 Å². The summed E-state index contributed by atoms with van der Waals surface area (Å²) in [6.07, 6.45) is 14.6. The third-order valence-corrected chi connectivity index (χ3v) is 17.1. The molecule has 0 spiro atoms. The van der Waals surface area contributed by atoms with Gasteiger partial charge in [0.05, 0.1) is 59.2 Å².